The van der Waals surface area contributed by atoms with E-state index in [-0.39, 0.29) is 0 Å². The maximum atomic E-state index is 4.66. The first-order chi connectivity index (χ1) is 9.86. The van der Waals surface area contributed by atoms with Gasteiger partial charge in [-0.1, -0.05) is 25.1 Å². The summed E-state index contributed by atoms with van der Waals surface area (Å²) >= 11 is 1.71. The molecule has 0 spiro atoms. The van der Waals surface area contributed by atoms with Crippen molar-refractivity contribution in [3.8, 4) is 0 Å². The highest BCUT2D eigenvalue weighted by Gasteiger charge is 2.06. The Morgan fingerprint density at radius 1 is 1.30 bits per heavy atom. The summed E-state index contributed by atoms with van der Waals surface area (Å²) in [6.45, 7) is 4.80. The number of fused-ring (bicyclic) bond motifs is 1. The molecule has 0 radical (unpaired) electrons. The molecule has 1 aromatic carbocycles. The van der Waals surface area contributed by atoms with Crippen LogP contribution in [0.1, 0.15) is 24.0 Å². The van der Waals surface area contributed by atoms with Crippen LogP contribution in [0.5, 0.6) is 0 Å². The predicted molar refractivity (Wildman–Crippen MR) is 82.9 cm³/mol. The van der Waals surface area contributed by atoms with E-state index in [0.717, 1.165) is 42.3 Å². The molecule has 5 heteroatoms. The lowest BCUT2D eigenvalue weighted by molar-refractivity contribution is 0.663. The van der Waals surface area contributed by atoms with Crippen LogP contribution in [0.25, 0.3) is 10.9 Å². The van der Waals surface area contributed by atoms with Gasteiger partial charge in [-0.25, -0.2) is 4.98 Å². The number of hydrogen-bond acceptors (Lipinski definition) is 4. The van der Waals surface area contributed by atoms with Gasteiger partial charge in [0.2, 0.25) is 0 Å². The molecule has 0 aliphatic heterocycles. The van der Waals surface area contributed by atoms with E-state index in [1.165, 1.54) is 5.39 Å². The van der Waals surface area contributed by atoms with Crippen LogP contribution in [0.15, 0.2) is 35.8 Å². The van der Waals surface area contributed by atoms with E-state index in [1.54, 1.807) is 11.3 Å². The third kappa shape index (κ3) is 2.89. The largest absolute Gasteiger partial charge is 0.310 e. The van der Waals surface area contributed by atoms with Crippen molar-refractivity contribution in [2.24, 2.45) is 0 Å². The quantitative estimate of drug-likeness (QED) is 0.708. The summed E-state index contributed by atoms with van der Waals surface area (Å²) < 4.78 is 2.01. The van der Waals surface area contributed by atoms with Crippen LogP contribution in [-0.2, 0) is 13.1 Å². The average molecular weight is 286 g/mol. The van der Waals surface area contributed by atoms with Crippen molar-refractivity contribution in [1.29, 1.82) is 0 Å². The molecule has 104 valence electrons. The van der Waals surface area contributed by atoms with Gasteiger partial charge in [0, 0.05) is 17.3 Å². The normalized spacial score (nSPS) is 11.2. The minimum absolute atomic E-state index is 0.734. The Hall–Kier alpha value is -1.72. The molecule has 3 aromatic rings. The Morgan fingerprint density at radius 3 is 3.10 bits per heavy atom. The van der Waals surface area contributed by atoms with Crippen molar-refractivity contribution in [1.82, 2.24) is 20.1 Å². The summed E-state index contributed by atoms with van der Waals surface area (Å²) in [6, 6.07) is 8.26. The van der Waals surface area contributed by atoms with E-state index in [9.17, 15) is 0 Å². The molecular weight excluding hydrogens is 268 g/mol. The predicted octanol–water partition coefficient (Wildman–Crippen LogP) is 3.04. The molecular formula is C15H18N4S. The van der Waals surface area contributed by atoms with Crippen LogP contribution < -0.4 is 5.32 Å². The molecule has 0 aliphatic carbocycles. The van der Waals surface area contributed by atoms with Crippen LogP contribution >= 0.6 is 11.3 Å². The molecule has 0 aliphatic rings. The van der Waals surface area contributed by atoms with Gasteiger partial charge in [-0.05, 0) is 19.0 Å². The Labute approximate surface area is 122 Å². The first-order valence-corrected chi connectivity index (χ1v) is 7.79. The molecule has 0 saturated carbocycles. The number of para-hydroxylation sites is 1. The van der Waals surface area contributed by atoms with Crippen molar-refractivity contribution < 1.29 is 0 Å². The molecule has 2 heterocycles. The summed E-state index contributed by atoms with van der Waals surface area (Å²) in [5.41, 5.74) is 2.24. The zero-order valence-corrected chi connectivity index (χ0v) is 12.4. The van der Waals surface area contributed by atoms with E-state index < -0.39 is 0 Å². The standard InChI is InChI=1S/C15H18N4S/c1-2-7-16-9-15-18-13(11-20-15)10-19-14-6-4-3-5-12(14)8-17-19/h3-6,8,11,16H,2,7,9-10H2,1H3. The zero-order chi connectivity index (χ0) is 13.8. The van der Waals surface area contributed by atoms with E-state index in [1.807, 2.05) is 23.0 Å². The van der Waals surface area contributed by atoms with Crippen molar-refractivity contribution >= 4 is 22.2 Å². The SMILES string of the molecule is CCCNCc1nc(Cn2ncc3ccccc32)cs1. The Balaban J connectivity index is 1.71. The third-order valence-corrected chi connectivity index (χ3v) is 4.06. The third-order valence-electron chi connectivity index (χ3n) is 3.17. The number of benzene rings is 1. The molecule has 0 saturated heterocycles. The van der Waals surface area contributed by atoms with Gasteiger partial charge >= 0.3 is 0 Å². The molecule has 1 N–H and O–H groups in total. The monoisotopic (exact) mass is 286 g/mol. The zero-order valence-electron chi connectivity index (χ0n) is 11.5. The molecule has 0 atom stereocenters. The molecule has 3 rings (SSSR count). The highest BCUT2D eigenvalue weighted by molar-refractivity contribution is 7.09. The number of aromatic nitrogens is 3. The molecule has 0 unspecified atom stereocenters. The van der Waals surface area contributed by atoms with Crippen molar-refractivity contribution in [2.45, 2.75) is 26.4 Å². The second kappa shape index (κ2) is 6.15. The van der Waals surface area contributed by atoms with Crippen molar-refractivity contribution in [3.63, 3.8) is 0 Å². The fourth-order valence-corrected chi connectivity index (χ4v) is 2.93. The smallest absolute Gasteiger partial charge is 0.107 e. The van der Waals surface area contributed by atoms with Gasteiger partial charge in [0.1, 0.15) is 5.01 Å². The summed E-state index contributed by atoms with van der Waals surface area (Å²) in [7, 11) is 0. The van der Waals surface area contributed by atoms with Gasteiger partial charge in [0.15, 0.2) is 0 Å². The fourth-order valence-electron chi connectivity index (χ4n) is 2.18. The lowest BCUT2D eigenvalue weighted by atomic mass is 10.2. The number of nitrogens with zero attached hydrogens (tertiary/aromatic N) is 3. The number of hydrogen-bond donors (Lipinski definition) is 1. The van der Waals surface area contributed by atoms with Crippen LogP contribution in [0, 0.1) is 0 Å². The lowest BCUT2D eigenvalue weighted by Gasteiger charge is -2.01. The highest BCUT2D eigenvalue weighted by atomic mass is 32.1. The summed E-state index contributed by atoms with van der Waals surface area (Å²) in [5, 5.41) is 12.3. The van der Waals surface area contributed by atoms with Crippen LogP contribution in [-0.4, -0.2) is 21.3 Å². The maximum absolute atomic E-state index is 4.66. The van der Waals surface area contributed by atoms with Gasteiger partial charge in [-0.3, -0.25) is 4.68 Å². The Morgan fingerprint density at radius 2 is 2.20 bits per heavy atom. The average Bonchev–Trinajstić information content (AvgIpc) is 3.08. The van der Waals surface area contributed by atoms with Crippen LogP contribution in [0.2, 0.25) is 0 Å². The maximum Gasteiger partial charge on any atom is 0.107 e. The first-order valence-electron chi connectivity index (χ1n) is 6.91. The molecule has 0 bridgehead atoms. The van der Waals surface area contributed by atoms with E-state index >= 15 is 0 Å². The van der Waals surface area contributed by atoms with Gasteiger partial charge in [-0.15, -0.1) is 11.3 Å². The Bertz CT molecular complexity index is 686. The van der Waals surface area contributed by atoms with E-state index in [4.69, 9.17) is 0 Å². The topological polar surface area (TPSA) is 42.7 Å². The Kier molecular flexibility index (Phi) is 4.08. The van der Waals surface area contributed by atoms with Gasteiger partial charge < -0.3 is 5.32 Å². The summed E-state index contributed by atoms with van der Waals surface area (Å²) in [6.07, 6.45) is 3.06. The number of nitrogens with one attached hydrogen (secondary N) is 1. The van der Waals surface area contributed by atoms with E-state index in [2.05, 4.69) is 39.8 Å². The minimum Gasteiger partial charge on any atom is -0.310 e. The minimum atomic E-state index is 0.734. The second-order valence-electron chi connectivity index (χ2n) is 4.77. The molecule has 2 aromatic heterocycles. The number of thiazole rings is 1. The molecule has 0 fully saturated rings. The van der Waals surface area contributed by atoms with Crippen LogP contribution in [0.4, 0.5) is 0 Å². The highest BCUT2D eigenvalue weighted by Crippen LogP contribution is 2.16. The second-order valence-corrected chi connectivity index (χ2v) is 5.71. The fraction of sp³-hybridized carbons (Fsp3) is 0.333. The van der Waals surface area contributed by atoms with Crippen molar-refractivity contribution in [2.75, 3.05) is 6.54 Å². The number of rotatable bonds is 6. The summed E-state index contributed by atoms with van der Waals surface area (Å²) in [4.78, 5) is 4.66. The van der Waals surface area contributed by atoms with Crippen LogP contribution in [0.3, 0.4) is 0 Å². The van der Waals surface area contributed by atoms with Gasteiger partial charge in [-0.2, -0.15) is 5.10 Å². The van der Waals surface area contributed by atoms with Crippen molar-refractivity contribution in [3.05, 3.63) is 46.5 Å². The molecule has 20 heavy (non-hydrogen) atoms. The molecule has 4 nitrogen and oxygen atoms in total. The van der Waals surface area contributed by atoms with Gasteiger partial charge in [0.25, 0.3) is 0 Å². The first kappa shape index (κ1) is 13.3. The lowest BCUT2D eigenvalue weighted by Crippen LogP contribution is -2.13. The van der Waals surface area contributed by atoms with Gasteiger partial charge in [0.05, 0.1) is 24.0 Å². The van der Waals surface area contributed by atoms with E-state index in [0.29, 0.717) is 0 Å². The summed E-state index contributed by atoms with van der Waals surface area (Å²) in [5.74, 6) is 0. The molecule has 0 amide bonds.